The van der Waals surface area contributed by atoms with Gasteiger partial charge in [0.25, 0.3) is 0 Å². The molecule has 3 aromatic carbocycles. The van der Waals surface area contributed by atoms with Gasteiger partial charge in [-0.25, -0.2) is 9.98 Å². The van der Waals surface area contributed by atoms with Crippen LogP contribution in [0, 0.1) is 10.4 Å². The van der Waals surface area contributed by atoms with E-state index in [1.807, 2.05) is 12.1 Å². The monoisotopic (exact) mass is 330 g/mol. The molecule has 0 aliphatic carbocycles. The van der Waals surface area contributed by atoms with E-state index in [1.165, 1.54) is 28.5 Å². The second kappa shape index (κ2) is 6.24. The normalized spacial score (nSPS) is 13.2. The van der Waals surface area contributed by atoms with Gasteiger partial charge in [0, 0.05) is 21.6 Å². The smallest absolute Gasteiger partial charge is 0.0817 e. The first-order chi connectivity index (χ1) is 12.2. The third kappa shape index (κ3) is 2.65. The summed E-state index contributed by atoms with van der Waals surface area (Å²) in [7, 11) is 0. The third-order valence-corrected chi connectivity index (χ3v) is 4.26. The van der Waals surface area contributed by atoms with E-state index in [-0.39, 0.29) is 6.61 Å². The molecule has 0 bridgehead atoms. The topological polar surface area (TPSA) is 65.2 Å². The summed E-state index contributed by atoms with van der Waals surface area (Å²) in [5.74, 6) is 0. The number of aliphatic hydroxyl groups excluding tert-OH is 2. The lowest BCUT2D eigenvalue weighted by Gasteiger charge is -2.01. The summed E-state index contributed by atoms with van der Waals surface area (Å²) >= 11 is 0. The highest BCUT2D eigenvalue weighted by atomic mass is 16.3. The van der Waals surface area contributed by atoms with E-state index in [4.69, 9.17) is 20.2 Å². The highest BCUT2D eigenvalue weighted by Gasteiger charge is 2.19. The van der Waals surface area contributed by atoms with Crippen LogP contribution < -0.4 is 10.7 Å². The first kappa shape index (κ1) is 15.7. The van der Waals surface area contributed by atoms with Crippen molar-refractivity contribution in [2.45, 2.75) is 13.0 Å². The molecular weight excluding hydrogens is 312 g/mol. The fraction of sp³-hybridized carbons (Fsp3) is 0.143. The Morgan fingerprint density at radius 1 is 0.840 bits per heavy atom. The van der Waals surface area contributed by atoms with E-state index in [0.29, 0.717) is 0 Å². The number of hydrogen-bond acceptors (Lipinski definition) is 4. The van der Waals surface area contributed by atoms with Crippen LogP contribution in [0.5, 0.6) is 0 Å². The number of nitrogens with zero attached hydrogens (tertiary/aromatic N) is 2. The van der Waals surface area contributed by atoms with Crippen LogP contribution in [0.15, 0.2) is 70.6 Å². The highest BCUT2D eigenvalue weighted by Crippen LogP contribution is 2.38. The van der Waals surface area contributed by atoms with E-state index < -0.39 is 6.10 Å². The predicted octanol–water partition coefficient (Wildman–Crippen LogP) is 2.53. The molecule has 0 radical (unpaired) electrons. The Hall–Kier alpha value is -2.82. The first-order valence-electron chi connectivity index (χ1n) is 8.27. The standard InChI is InChI=1S/C18H10N2.C3H8O2/c1-3-7-14-11(5-1)12-9-10-16-17(18(12)20-14)13-6-2-4-8-15(13)19-16;1-3(5)2-4/h1-10H;3-5H,2H2,1H3. The van der Waals surface area contributed by atoms with Crippen LogP contribution in [0.25, 0.3) is 11.1 Å². The Morgan fingerprint density at radius 2 is 1.56 bits per heavy atom. The Balaban J connectivity index is 0.000000280. The summed E-state index contributed by atoms with van der Waals surface area (Å²) in [6.45, 7) is 1.39. The summed E-state index contributed by atoms with van der Waals surface area (Å²) in [5.41, 5.74) is 4.48. The molecule has 0 amide bonds. The molecule has 0 spiro atoms. The lowest BCUT2D eigenvalue weighted by Crippen LogP contribution is -2.03. The van der Waals surface area contributed by atoms with Crippen LogP contribution >= 0.6 is 0 Å². The summed E-state index contributed by atoms with van der Waals surface area (Å²) in [6.07, 6.45) is -0.560. The number of benzene rings is 3. The van der Waals surface area contributed by atoms with Crippen molar-refractivity contribution in [1.29, 1.82) is 0 Å². The molecule has 0 saturated heterocycles. The number of para-hydroxylation sites is 2. The number of fused-ring (bicyclic) bond motifs is 6. The van der Waals surface area contributed by atoms with Crippen molar-refractivity contribution in [3.63, 3.8) is 0 Å². The predicted molar refractivity (Wildman–Crippen MR) is 96.4 cm³/mol. The Kier molecular flexibility index (Phi) is 3.92. The van der Waals surface area contributed by atoms with Crippen molar-refractivity contribution in [2.24, 2.45) is 9.98 Å². The minimum atomic E-state index is -0.560. The molecule has 5 rings (SSSR count). The van der Waals surface area contributed by atoms with Crippen LogP contribution in [0.4, 0.5) is 11.4 Å². The summed E-state index contributed by atoms with van der Waals surface area (Å²) in [5, 5.41) is 20.5. The molecule has 2 N–H and O–H groups in total. The van der Waals surface area contributed by atoms with E-state index >= 15 is 0 Å². The summed E-state index contributed by atoms with van der Waals surface area (Å²) in [4.78, 5) is 9.52. The van der Waals surface area contributed by atoms with Crippen LogP contribution in [-0.2, 0) is 0 Å². The molecule has 0 saturated carbocycles. The second-order valence-corrected chi connectivity index (χ2v) is 6.15. The van der Waals surface area contributed by atoms with Gasteiger partial charge in [-0.1, -0.05) is 36.4 Å². The zero-order chi connectivity index (χ0) is 17.4. The lowest BCUT2D eigenvalue weighted by molar-refractivity contribution is 0.110. The van der Waals surface area contributed by atoms with Gasteiger partial charge in [0.15, 0.2) is 0 Å². The fourth-order valence-corrected chi connectivity index (χ4v) is 3.10. The summed E-state index contributed by atoms with van der Waals surface area (Å²) < 4.78 is 0. The lowest BCUT2D eigenvalue weighted by atomic mass is 10.0. The minimum Gasteiger partial charge on any atom is -0.394 e. The zero-order valence-electron chi connectivity index (χ0n) is 13.8. The van der Waals surface area contributed by atoms with Gasteiger partial charge >= 0.3 is 0 Å². The van der Waals surface area contributed by atoms with Crippen molar-refractivity contribution in [3.05, 3.63) is 81.8 Å². The second-order valence-electron chi connectivity index (χ2n) is 6.15. The van der Waals surface area contributed by atoms with Crippen molar-refractivity contribution < 1.29 is 10.2 Å². The van der Waals surface area contributed by atoms with Gasteiger partial charge in [-0.3, -0.25) is 0 Å². The SMILES string of the molecule is CC(O)CO.c1ccc2c(c1)N=c1ccc3c(c1-2)N=c1ccccc1=3. The van der Waals surface area contributed by atoms with E-state index in [9.17, 15) is 0 Å². The largest absolute Gasteiger partial charge is 0.394 e. The maximum absolute atomic E-state index is 8.11. The molecule has 124 valence electrons. The van der Waals surface area contributed by atoms with Gasteiger partial charge in [0.2, 0.25) is 0 Å². The van der Waals surface area contributed by atoms with Crippen molar-refractivity contribution in [1.82, 2.24) is 0 Å². The van der Waals surface area contributed by atoms with Crippen molar-refractivity contribution in [2.75, 3.05) is 6.61 Å². The average molecular weight is 330 g/mol. The number of rotatable bonds is 1. The molecule has 2 aliphatic rings. The average Bonchev–Trinajstić information content (AvgIpc) is 3.19. The van der Waals surface area contributed by atoms with Gasteiger partial charge < -0.3 is 10.2 Å². The number of hydrogen-bond donors (Lipinski definition) is 2. The maximum atomic E-state index is 8.11. The minimum absolute atomic E-state index is 0.139. The molecule has 4 nitrogen and oxygen atoms in total. The molecule has 3 aromatic rings. The quantitative estimate of drug-likeness (QED) is 0.496. The van der Waals surface area contributed by atoms with Gasteiger partial charge in [-0.05, 0) is 31.2 Å². The first-order valence-corrected chi connectivity index (χ1v) is 8.27. The van der Waals surface area contributed by atoms with Gasteiger partial charge in [0.05, 0.1) is 34.8 Å². The molecule has 1 unspecified atom stereocenters. The summed E-state index contributed by atoms with van der Waals surface area (Å²) in [6, 6.07) is 20.8. The molecule has 1 atom stereocenters. The van der Waals surface area contributed by atoms with Crippen molar-refractivity contribution in [3.8, 4) is 11.1 Å². The molecular formula is C21H18N2O2. The molecule has 2 heterocycles. The molecule has 0 aromatic heterocycles. The van der Waals surface area contributed by atoms with Crippen LogP contribution in [0.2, 0.25) is 0 Å². The zero-order valence-corrected chi connectivity index (χ0v) is 13.8. The fourth-order valence-electron chi connectivity index (χ4n) is 3.10. The van der Waals surface area contributed by atoms with E-state index in [1.54, 1.807) is 0 Å². The van der Waals surface area contributed by atoms with Crippen molar-refractivity contribution >= 4 is 11.4 Å². The molecule has 25 heavy (non-hydrogen) atoms. The van der Waals surface area contributed by atoms with Gasteiger partial charge in [-0.2, -0.15) is 0 Å². The van der Waals surface area contributed by atoms with Crippen LogP contribution in [0.1, 0.15) is 6.92 Å². The Labute approximate surface area is 144 Å². The third-order valence-electron chi connectivity index (χ3n) is 4.26. The Bertz CT molecular complexity index is 1170. The molecule has 4 heteroatoms. The van der Waals surface area contributed by atoms with Gasteiger partial charge in [0.1, 0.15) is 0 Å². The van der Waals surface area contributed by atoms with Crippen LogP contribution in [-0.4, -0.2) is 22.9 Å². The van der Waals surface area contributed by atoms with Crippen LogP contribution in [0.3, 0.4) is 0 Å². The number of aliphatic hydroxyl groups is 2. The Morgan fingerprint density at radius 3 is 2.36 bits per heavy atom. The molecule has 0 fully saturated rings. The van der Waals surface area contributed by atoms with E-state index in [0.717, 1.165) is 22.1 Å². The molecule has 2 aliphatic heterocycles. The van der Waals surface area contributed by atoms with E-state index in [2.05, 4.69) is 48.5 Å². The van der Waals surface area contributed by atoms with Gasteiger partial charge in [-0.15, -0.1) is 0 Å². The highest BCUT2D eigenvalue weighted by molar-refractivity contribution is 5.86. The maximum Gasteiger partial charge on any atom is 0.0817 e.